The molecule has 3 amide bonds. The van der Waals surface area contributed by atoms with E-state index in [1.165, 1.54) is 6.07 Å². The number of ether oxygens (including phenoxy) is 1. The van der Waals surface area contributed by atoms with Gasteiger partial charge >= 0.3 is 24.1 Å². The summed E-state index contributed by atoms with van der Waals surface area (Å²) in [5, 5.41) is 10.8. The Morgan fingerprint density at radius 2 is 1.49 bits per heavy atom. The SMILES string of the molecule is O=C(NNC(=O)C(Cc1cccc(C(F)(F)F)c1)NC(=O)C(=O)O)OCC1c2ccccc2-c2ccccc21. The highest BCUT2D eigenvalue weighted by Gasteiger charge is 2.32. The summed E-state index contributed by atoms with van der Waals surface area (Å²) in [4.78, 5) is 47.7. The summed E-state index contributed by atoms with van der Waals surface area (Å²) in [5.41, 5.74) is 7.01. The van der Waals surface area contributed by atoms with Crippen LogP contribution in [0.1, 0.15) is 28.2 Å². The minimum Gasteiger partial charge on any atom is -0.474 e. The molecule has 0 fully saturated rings. The van der Waals surface area contributed by atoms with Crippen molar-refractivity contribution in [2.24, 2.45) is 0 Å². The van der Waals surface area contributed by atoms with Gasteiger partial charge in [0, 0.05) is 12.3 Å². The summed E-state index contributed by atoms with van der Waals surface area (Å²) >= 11 is 0. The number of fused-ring (bicyclic) bond motifs is 3. The van der Waals surface area contributed by atoms with Gasteiger partial charge in [0.2, 0.25) is 0 Å². The van der Waals surface area contributed by atoms with E-state index >= 15 is 0 Å². The first-order chi connectivity index (χ1) is 18.5. The number of benzene rings is 3. The zero-order valence-corrected chi connectivity index (χ0v) is 20.1. The molecule has 0 bridgehead atoms. The van der Waals surface area contributed by atoms with Crippen molar-refractivity contribution in [2.75, 3.05) is 6.61 Å². The number of halogens is 3. The molecule has 4 rings (SSSR count). The van der Waals surface area contributed by atoms with E-state index in [2.05, 4.69) is 0 Å². The molecule has 39 heavy (non-hydrogen) atoms. The quantitative estimate of drug-likeness (QED) is 0.279. The monoisotopic (exact) mass is 541 g/mol. The lowest BCUT2D eigenvalue weighted by Gasteiger charge is -2.19. The van der Waals surface area contributed by atoms with Crippen LogP contribution in [0.15, 0.2) is 72.8 Å². The topological polar surface area (TPSA) is 134 Å². The number of carbonyl (C=O) groups is 4. The second-order valence-electron chi connectivity index (χ2n) is 8.67. The van der Waals surface area contributed by atoms with Crippen molar-refractivity contribution in [1.82, 2.24) is 16.2 Å². The highest BCUT2D eigenvalue weighted by atomic mass is 19.4. The zero-order valence-electron chi connectivity index (χ0n) is 20.1. The van der Waals surface area contributed by atoms with Crippen LogP contribution < -0.4 is 16.2 Å². The summed E-state index contributed by atoms with van der Waals surface area (Å²) in [7, 11) is 0. The van der Waals surface area contributed by atoms with Crippen LogP contribution in [-0.4, -0.2) is 41.6 Å². The Bertz CT molecular complexity index is 1380. The number of carbonyl (C=O) groups excluding carboxylic acids is 3. The van der Waals surface area contributed by atoms with Gasteiger partial charge in [-0.3, -0.25) is 15.0 Å². The average Bonchev–Trinajstić information content (AvgIpc) is 3.23. The fourth-order valence-corrected chi connectivity index (χ4v) is 4.37. The van der Waals surface area contributed by atoms with Crippen molar-refractivity contribution in [3.05, 3.63) is 95.1 Å². The highest BCUT2D eigenvalue weighted by Crippen LogP contribution is 2.44. The van der Waals surface area contributed by atoms with Crippen LogP contribution >= 0.6 is 0 Å². The predicted molar refractivity (Wildman–Crippen MR) is 131 cm³/mol. The summed E-state index contributed by atoms with van der Waals surface area (Å²) < 4.78 is 44.4. The fourth-order valence-electron chi connectivity index (χ4n) is 4.37. The number of hydrogen-bond acceptors (Lipinski definition) is 5. The Morgan fingerprint density at radius 1 is 0.872 bits per heavy atom. The molecular formula is C27H22F3N3O6. The van der Waals surface area contributed by atoms with Crippen LogP contribution in [0.4, 0.5) is 18.0 Å². The van der Waals surface area contributed by atoms with Crippen molar-refractivity contribution in [3.8, 4) is 11.1 Å². The van der Waals surface area contributed by atoms with Gasteiger partial charge in [-0.25, -0.2) is 15.0 Å². The maximum absolute atomic E-state index is 13.1. The third-order valence-corrected chi connectivity index (χ3v) is 6.14. The van der Waals surface area contributed by atoms with Gasteiger partial charge in [-0.15, -0.1) is 0 Å². The lowest BCUT2D eigenvalue weighted by atomic mass is 9.98. The number of carboxylic acids is 1. The van der Waals surface area contributed by atoms with E-state index in [0.717, 1.165) is 40.5 Å². The Morgan fingerprint density at radius 3 is 2.08 bits per heavy atom. The number of carboxylic acid groups (broad SMARTS) is 1. The maximum atomic E-state index is 13.1. The van der Waals surface area contributed by atoms with Crippen LogP contribution in [0.5, 0.6) is 0 Å². The summed E-state index contributed by atoms with van der Waals surface area (Å²) in [5.74, 6) is -4.78. The summed E-state index contributed by atoms with van der Waals surface area (Å²) in [6.07, 6.45) is -6.17. The highest BCUT2D eigenvalue weighted by molar-refractivity contribution is 6.32. The second-order valence-corrected chi connectivity index (χ2v) is 8.67. The molecule has 0 heterocycles. The number of alkyl halides is 3. The Hall–Kier alpha value is -4.87. The predicted octanol–water partition coefficient (Wildman–Crippen LogP) is 3.39. The molecule has 1 aliphatic rings. The molecular weight excluding hydrogens is 519 g/mol. The van der Waals surface area contributed by atoms with E-state index in [9.17, 15) is 32.3 Å². The van der Waals surface area contributed by atoms with Crippen LogP contribution in [0.2, 0.25) is 0 Å². The number of aliphatic carboxylic acids is 1. The fraction of sp³-hybridized carbons (Fsp3) is 0.185. The van der Waals surface area contributed by atoms with E-state index < -0.39 is 48.1 Å². The molecule has 4 N–H and O–H groups in total. The van der Waals surface area contributed by atoms with Crippen molar-refractivity contribution in [1.29, 1.82) is 0 Å². The number of hydrogen-bond donors (Lipinski definition) is 4. The molecule has 0 saturated carbocycles. The molecule has 0 radical (unpaired) electrons. The molecule has 3 aromatic rings. The second kappa shape index (κ2) is 11.3. The Kier molecular flexibility index (Phi) is 7.84. The lowest BCUT2D eigenvalue weighted by molar-refractivity contribution is -0.151. The molecule has 0 spiro atoms. The molecule has 9 nitrogen and oxygen atoms in total. The van der Waals surface area contributed by atoms with Crippen LogP contribution in [0.25, 0.3) is 11.1 Å². The van der Waals surface area contributed by atoms with Crippen LogP contribution in [0.3, 0.4) is 0 Å². The molecule has 1 atom stereocenters. The van der Waals surface area contributed by atoms with Gasteiger partial charge in [-0.1, -0.05) is 66.7 Å². The van der Waals surface area contributed by atoms with Gasteiger partial charge < -0.3 is 15.2 Å². The van der Waals surface area contributed by atoms with E-state index in [1.807, 2.05) is 64.7 Å². The molecule has 0 aromatic heterocycles. The molecule has 3 aromatic carbocycles. The Labute approximate surface area is 219 Å². The standard InChI is InChI=1S/C27H22F3N3O6/c28-27(29,30)16-7-5-6-15(12-16)13-22(31-24(35)25(36)37)23(34)32-33-26(38)39-14-21-19-10-3-1-8-17(19)18-9-2-4-11-20(18)21/h1-12,21-22H,13-14H2,(H,31,35)(H,32,34)(H,33,38)(H,36,37). The minimum atomic E-state index is -4.65. The average molecular weight is 541 g/mol. The van der Waals surface area contributed by atoms with E-state index in [4.69, 9.17) is 9.84 Å². The van der Waals surface area contributed by atoms with Gasteiger partial charge in [0.15, 0.2) is 0 Å². The lowest BCUT2D eigenvalue weighted by Crippen LogP contribution is -2.54. The molecule has 0 saturated heterocycles. The van der Waals surface area contributed by atoms with Gasteiger partial charge in [0.05, 0.1) is 5.56 Å². The summed E-state index contributed by atoms with van der Waals surface area (Å²) in [6.45, 7) is -0.0564. The largest absolute Gasteiger partial charge is 0.474 e. The van der Waals surface area contributed by atoms with Crippen LogP contribution in [-0.2, 0) is 31.7 Å². The first kappa shape index (κ1) is 27.2. The molecule has 202 valence electrons. The summed E-state index contributed by atoms with van der Waals surface area (Å²) in [6, 6.07) is 17.7. The number of nitrogens with one attached hydrogen (secondary N) is 3. The number of hydrazine groups is 1. The third-order valence-electron chi connectivity index (χ3n) is 6.14. The van der Waals surface area contributed by atoms with Gasteiger partial charge in [-0.05, 0) is 33.9 Å². The number of amides is 3. The third kappa shape index (κ3) is 6.35. The smallest absolute Gasteiger partial charge is 0.426 e. The zero-order chi connectivity index (χ0) is 28.2. The Balaban J connectivity index is 1.39. The first-order valence-electron chi connectivity index (χ1n) is 11.7. The molecule has 1 aliphatic carbocycles. The van der Waals surface area contributed by atoms with Crippen molar-refractivity contribution in [2.45, 2.75) is 24.6 Å². The minimum absolute atomic E-state index is 0.00296. The molecule has 0 aliphatic heterocycles. The van der Waals surface area contributed by atoms with Gasteiger partial charge in [-0.2, -0.15) is 13.2 Å². The first-order valence-corrected chi connectivity index (χ1v) is 11.7. The van der Waals surface area contributed by atoms with Crippen molar-refractivity contribution in [3.63, 3.8) is 0 Å². The van der Waals surface area contributed by atoms with E-state index in [0.29, 0.717) is 0 Å². The number of rotatable bonds is 6. The molecule has 1 unspecified atom stereocenters. The van der Waals surface area contributed by atoms with Gasteiger partial charge in [0.1, 0.15) is 12.6 Å². The van der Waals surface area contributed by atoms with Crippen molar-refractivity contribution < 1.29 is 42.2 Å². The normalized spacial score (nSPS) is 13.0. The molecule has 12 heteroatoms. The van der Waals surface area contributed by atoms with E-state index in [-0.39, 0.29) is 18.1 Å². The van der Waals surface area contributed by atoms with Crippen molar-refractivity contribution >= 4 is 23.9 Å². The van der Waals surface area contributed by atoms with Gasteiger partial charge in [0.25, 0.3) is 5.91 Å². The maximum Gasteiger partial charge on any atom is 0.426 e. The van der Waals surface area contributed by atoms with Crippen LogP contribution in [0, 0.1) is 0 Å². The van der Waals surface area contributed by atoms with E-state index in [1.54, 1.807) is 0 Å².